The van der Waals surface area contributed by atoms with E-state index in [1.54, 1.807) is 23.8 Å². The smallest absolute Gasteiger partial charge is 0.243 e. The third-order valence-electron chi connectivity index (χ3n) is 5.92. The van der Waals surface area contributed by atoms with Gasteiger partial charge < -0.3 is 15.0 Å². The highest BCUT2D eigenvalue weighted by Gasteiger charge is 2.30. The average Bonchev–Trinajstić information content (AvgIpc) is 2.93. The molecule has 5 nitrogen and oxygen atoms in total. The number of methoxy groups -OCH3 is 1. The summed E-state index contributed by atoms with van der Waals surface area (Å²) in [4.78, 5) is 29.9. The first-order valence-electron chi connectivity index (χ1n) is 12.6. The molecule has 3 aromatic rings. The lowest BCUT2D eigenvalue weighted by molar-refractivity contribution is -0.141. The van der Waals surface area contributed by atoms with Gasteiger partial charge in [-0.3, -0.25) is 9.59 Å². The van der Waals surface area contributed by atoms with Crippen LogP contribution in [0.15, 0.2) is 83.8 Å². The molecule has 0 spiro atoms. The summed E-state index contributed by atoms with van der Waals surface area (Å²) in [7, 11) is 1.62. The van der Waals surface area contributed by atoms with Crippen molar-refractivity contribution >= 4 is 35.2 Å². The van der Waals surface area contributed by atoms with E-state index >= 15 is 0 Å². The summed E-state index contributed by atoms with van der Waals surface area (Å²) in [5.74, 6) is 1.36. The van der Waals surface area contributed by atoms with Gasteiger partial charge in [-0.15, -0.1) is 11.8 Å². The molecule has 0 saturated carbocycles. The number of amides is 2. The molecule has 0 radical (unpaired) electrons. The monoisotopic (exact) mass is 538 g/mol. The third-order valence-corrected chi connectivity index (χ3v) is 7.28. The number of carbonyl (C=O) groups excluding carboxylic acids is 2. The second kappa shape index (κ2) is 15.3. The fourth-order valence-corrected chi connectivity index (χ4v) is 4.95. The Hall–Kier alpha value is -2.96. The van der Waals surface area contributed by atoms with Crippen molar-refractivity contribution in [3.8, 4) is 5.75 Å². The standard InChI is InChI=1S/C30H35ClN2O3S/c1-3-18-32-30(35)28(21-23-9-5-4-6-10-23)33(22-24-11-7-12-26(20-24)36-2)29(34)13-8-19-37-27-16-14-25(31)15-17-27/h4-7,9-12,14-17,20,28H,3,8,13,18-19,21-22H2,1-2H3,(H,32,35)/t28-/m1/s1. The van der Waals surface area contributed by atoms with E-state index < -0.39 is 6.04 Å². The molecule has 196 valence electrons. The lowest BCUT2D eigenvalue weighted by Gasteiger charge is -2.31. The Morgan fingerprint density at radius 2 is 1.73 bits per heavy atom. The molecule has 0 bridgehead atoms. The Balaban J connectivity index is 1.78. The Morgan fingerprint density at radius 3 is 2.43 bits per heavy atom. The summed E-state index contributed by atoms with van der Waals surface area (Å²) >= 11 is 7.67. The first kappa shape index (κ1) is 28.6. The molecule has 0 heterocycles. The molecule has 3 aromatic carbocycles. The van der Waals surface area contributed by atoms with Gasteiger partial charge in [-0.05, 0) is 66.1 Å². The van der Waals surface area contributed by atoms with Crippen LogP contribution in [0.3, 0.4) is 0 Å². The molecule has 7 heteroatoms. The molecule has 0 aromatic heterocycles. The predicted octanol–water partition coefficient (Wildman–Crippen LogP) is 6.39. The van der Waals surface area contributed by atoms with Crippen LogP contribution in [0.1, 0.15) is 37.3 Å². The molecule has 37 heavy (non-hydrogen) atoms. The highest BCUT2D eigenvalue weighted by molar-refractivity contribution is 7.99. The van der Waals surface area contributed by atoms with Gasteiger partial charge in [0.15, 0.2) is 0 Å². The number of nitrogens with zero attached hydrogens (tertiary/aromatic N) is 1. The maximum atomic E-state index is 13.7. The number of carbonyl (C=O) groups is 2. The highest BCUT2D eigenvalue weighted by Crippen LogP contribution is 2.23. The highest BCUT2D eigenvalue weighted by atomic mass is 35.5. The molecular weight excluding hydrogens is 504 g/mol. The molecular formula is C30H35ClN2O3S. The molecule has 2 amide bonds. The number of halogens is 1. The van der Waals surface area contributed by atoms with Crippen LogP contribution in [0.2, 0.25) is 5.02 Å². The minimum absolute atomic E-state index is 0.0351. The quantitative estimate of drug-likeness (QED) is 0.191. The van der Waals surface area contributed by atoms with Gasteiger partial charge in [0.05, 0.1) is 7.11 Å². The maximum absolute atomic E-state index is 13.7. The summed E-state index contributed by atoms with van der Waals surface area (Å²) < 4.78 is 5.39. The number of hydrogen-bond donors (Lipinski definition) is 1. The summed E-state index contributed by atoms with van der Waals surface area (Å²) in [5, 5.41) is 3.72. The normalized spacial score (nSPS) is 11.5. The average molecular weight is 539 g/mol. The fourth-order valence-electron chi connectivity index (χ4n) is 3.98. The van der Waals surface area contributed by atoms with Crippen molar-refractivity contribution in [3.05, 3.63) is 95.0 Å². The van der Waals surface area contributed by atoms with Gasteiger partial charge in [0.25, 0.3) is 0 Å². The number of hydrogen-bond acceptors (Lipinski definition) is 4. The zero-order valence-corrected chi connectivity index (χ0v) is 23.1. The van der Waals surface area contributed by atoms with Crippen LogP contribution in [-0.4, -0.2) is 42.2 Å². The molecule has 0 aliphatic heterocycles. The van der Waals surface area contributed by atoms with Gasteiger partial charge in [-0.25, -0.2) is 0 Å². The van der Waals surface area contributed by atoms with Crippen LogP contribution in [0.5, 0.6) is 5.75 Å². The largest absolute Gasteiger partial charge is 0.497 e. The van der Waals surface area contributed by atoms with Gasteiger partial charge in [-0.2, -0.15) is 0 Å². The number of nitrogens with one attached hydrogen (secondary N) is 1. The van der Waals surface area contributed by atoms with Crippen LogP contribution in [-0.2, 0) is 22.6 Å². The minimum Gasteiger partial charge on any atom is -0.497 e. The number of rotatable bonds is 14. The van der Waals surface area contributed by atoms with Crippen LogP contribution >= 0.6 is 23.4 Å². The zero-order chi connectivity index (χ0) is 26.5. The summed E-state index contributed by atoms with van der Waals surface area (Å²) in [6.07, 6.45) is 2.34. The minimum atomic E-state index is -0.614. The predicted molar refractivity (Wildman–Crippen MR) is 152 cm³/mol. The van der Waals surface area contributed by atoms with Crippen LogP contribution in [0.4, 0.5) is 0 Å². The number of ether oxygens (including phenoxy) is 1. The van der Waals surface area contributed by atoms with Gasteiger partial charge in [-0.1, -0.05) is 61.0 Å². The van der Waals surface area contributed by atoms with E-state index in [-0.39, 0.29) is 11.8 Å². The van der Waals surface area contributed by atoms with Crippen molar-refractivity contribution in [2.24, 2.45) is 0 Å². The first-order chi connectivity index (χ1) is 18.0. The molecule has 1 N–H and O–H groups in total. The Morgan fingerprint density at radius 1 is 1.00 bits per heavy atom. The summed E-state index contributed by atoms with van der Waals surface area (Å²) in [5.41, 5.74) is 1.94. The zero-order valence-electron chi connectivity index (χ0n) is 21.5. The van der Waals surface area contributed by atoms with Gasteiger partial charge in [0.2, 0.25) is 11.8 Å². The van der Waals surface area contributed by atoms with E-state index in [1.165, 1.54) is 0 Å². The fraction of sp³-hybridized carbons (Fsp3) is 0.333. The van der Waals surface area contributed by atoms with E-state index in [4.69, 9.17) is 16.3 Å². The second-order valence-electron chi connectivity index (χ2n) is 8.78. The third kappa shape index (κ3) is 9.45. The topological polar surface area (TPSA) is 58.6 Å². The molecule has 3 rings (SSSR count). The Labute approximate surface area is 229 Å². The van der Waals surface area contributed by atoms with Crippen LogP contribution < -0.4 is 10.1 Å². The number of thioether (sulfide) groups is 1. The van der Waals surface area contributed by atoms with Crippen molar-refractivity contribution < 1.29 is 14.3 Å². The molecule has 0 unspecified atom stereocenters. The van der Waals surface area contributed by atoms with Crippen LogP contribution in [0, 0.1) is 0 Å². The van der Waals surface area contributed by atoms with E-state index in [9.17, 15) is 9.59 Å². The molecule has 1 atom stereocenters. The molecule has 0 aliphatic rings. The molecule has 0 saturated heterocycles. The van der Waals surface area contributed by atoms with E-state index in [2.05, 4.69) is 5.32 Å². The Bertz CT molecular complexity index is 1130. The first-order valence-corrected chi connectivity index (χ1v) is 14.0. The molecule has 0 fully saturated rings. The van der Waals surface area contributed by atoms with Crippen molar-refractivity contribution in [1.29, 1.82) is 0 Å². The maximum Gasteiger partial charge on any atom is 0.243 e. The lowest BCUT2D eigenvalue weighted by atomic mass is 10.0. The second-order valence-corrected chi connectivity index (χ2v) is 10.4. The van der Waals surface area contributed by atoms with Crippen molar-refractivity contribution in [3.63, 3.8) is 0 Å². The van der Waals surface area contributed by atoms with Crippen molar-refractivity contribution in [1.82, 2.24) is 10.2 Å². The van der Waals surface area contributed by atoms with E-state index in [0.29, 0.717) is 37.4 Å². The number of benzene rings is 3. The SMILES string of the molecule is CCCNC(=O)[C@@H](Cc1ccccc1)N(Cc1cccc(OC)c1)C(=O)CCCSc1ccc(Cl)cc1. The van der Waals surface area contributed by atoms with E-state index in [0.717, 1.165) is 33.9 Å². The van der Waals surface area contributed by atoms with Gasteiger partial charge in [0.1, 0.15) is 11.8 Å². The van der Waals surface area contributed by atoms with Gasteiger partial charge in [0, 0.05) is 35.8 Å². The van der Waals surface area contributed by atoms with Crippen LogP contribution in [0.25, 0.3) is 0 Å². The van der Waals surface area contributed by atoms with Crippen molar-refractivity contribution in [2.75, 3.05) is 19.4 Å². The Kier molecular flexibility index (Phi) is 11.9. The lowest BCUT2D eigenvalue weighted by Crippen LogP contribution is -2.50. The summed E-state index contributed by atoms with van der Waals surface area (Å²) in [6, 6.07) is 24.6. The van der Waals surface area contributed by atoms with Gasteiger partial charge >= 0.3 is 0 Å². The summed E-state index contributed by atoms with van der Waals surface area (Å²) in [6.45, 7) is 2.92. The molecule has 0 aliphatic carbocycles. The van der Waals surface area contributed by atoms with Crippen molar-refractivity contribution in [2.45, 2.75) is 50.1 Å². The van der Waals surface area contributed by atoms with E-state index in [1.807, 2.05) is 85.8 Å².